The van der Waals surface area contributed by atoms with Gasteiger partial charge in [0, 0.05) is 23.5 Å². The highest BCUT2D eigenvalue weighted by Crippen LogP contribution is 2.31. The third kappa shape index (κ3) is 3.22. The lowest BCUT2D eigenvalue weighted by Gasteiger charge is -2.15. The largest absolute Gasteiger partial charge is 0.455 e. The fraction of sp³-hybridized carbons (Fsp3) is 0.273. The molecule has 2 N–H and O–H groups in total. The third-order valence-corrected chi connectivity index (χ3v) is 2.16. The number of hydrogen-bond donors (Lipinski definition) is 1. The maximum absolute atomic E-state index is 12.3. The van der Waals surface area contributed by atoms with Crippen molar-refractivity contribution in [3.05, 3.63) is 36.2 Å². The second-order valence-electron chi connectivity index (χ2n) is 3.48. The predicted octanol–water partition coefficient (Wildman–Crippen LogP) is 2.47. The molecule has 0 spiro atoms. The first kappa shape index (κ1) is 14.0. The quantitative estimate of drug-likeness (QED) is 0.669. The second-order valence-corrected chi connectivity index (χ2v) is 3.48. The van der Waals surface area contributed by atoms with Crippen molar-refractivity contribution in [1.82, 2.24) is 4.98 Å². The molecule has 1 heterocycles. The number of aromatic nitrogens is 1. The number of carbonyl (C=O) groups excluding carboxylic acids is 1. The van der Waals surface area contributed by atoms with Crippen LogP contribution in [0.5, 0.6) is 0 Å². The number of rotatable bonds is 3. The van der Waals surface area contributed by atoms with E-state index in [0.717, 1.165) is 12.3 Å². The third-order valence-electron chi connectivity index (χ3n) is 2.16. The number of hydrogen-bond acceptors (Lipinski definition) is 4. The Morgan fingerprint density at radius 1 is 1.61 bits per heavy atom. The van der Waals surface area contributed by atoms with Crippen molar-refractivity contribution in [2.45, 2.75) is 19.2 Å². The van der Waals surface area contributed by atoms with Gasteiger partial charge in [0.2, 0.25) is 0 Å². The summed E-state index contributed by atoms with van der Waals surface area (Å²) in [6.45, 7) is 4.68. The Bertz CT molecular complexity index is 472. The van der Waals surface area contributed by atoms with Gasteiger partial charge in [0.25, 0.3) is 0 Å². The van der Waals surface area contributed by atoms with E-state index in [-0.39, 0.29) is 11.3 Å². The molecule has 1 aromatic rings. The van der Waals surface area contributed by atoms with Gasteiger partial charge in [0.15, 0.2) is 0 Å². The predicted molar refractivity (Wildman–Crippen MR) is 58.4 cm³/mol. The lowest BCUT2D eigenvalue weighted by Crippen LogP contribution is -2.12. The van der Waals surface area contributed by atoms with Gasteiger partial charge in [0.05, 0.1) is 0 Å². The number of anilines is 1. The summed E-state index contributed by atoms with van der Waals surface area (Å²) in [4.78, 5) is 14.2. The minimum atomic E-state index is -4.56. The first-order valence-corrected chi connectivity index (χ1v) is 4.91. The van der Waals surface area contributed by atoms with Crippen LogP contribution in [0.4, 0.5) is 18.9 Å². The van der Waals surface area contributed by atoms with E-state index >= 15 is 0 Å². The fourth-order valence-electron chi connectivity index (χ4n) is 1.26. The summed E-state index contributed by atoms with van der Waals surface area (Å²) in [5.74, 6) is -0.693. The highest BCUT2D eigenvalue weighted by atomic mass is 19.4. The van der Waals surface area contributed by atoms with Crippen LogP contribution in [0.3, 0.4) is 0 Å². The molecule has 0 aliphatic rings. The van der Waals surface area contributed by atoms with Gasteiger partial charge in [-0.1, -0.05) is 6.58 Å². The first-order valence-electron chi connectivity index (χ1n) is 4.91. The molecule has 0 aliphatic carbocycles. The summed E-state index contributed by atoms with van der Waals surface area (Å²) in [7, 11) is 0. The Kier molecular flexibility index (Phi) is 3.95. The lowest BCUT2D eigenvalue weighted by atomic mass is 10.1. The Labute approximate surface area is 101 Å². The zero-order valence-corrected chi connectivity index (χ0v) is 9.49. The van der Waals surface area contributed by atoms with Gasteiger partial charge in [0.1, 0.15) is 11.8 Å². The Morgan fingerprint density at radius 3 is 2.67 bits per heavy atom. The Hall–Kier alpha value is -2.05. The molecule has 0 radical (unpaired) electrons. The molecule has 4 nitrogen and oxygen atoms in total. The van der Waals surface area contributed by atoms with Crippen molar-refractivity contribution in [2.75, 3.05) is 5.73 Å². The summed E-state index contributed by atoms with van der Waals surface area (Å²) in [5, 5.41) is 0. The molecule has 1 rings (SSSR count). The van der Waals surface area contributed by atoms with Gasteiger partial charge < -0.3 is 10.5 Å². The molecule has 18 heavy (non-hydrogen) atoms. The summed E-state index contributed by atoms with van der Waals surface area (Å²) >= 11 is 0. The number of esters is 1. The van der Waals surface area contributed by atoms with Crippen LogP contribution in [-0.4, -0.2) is 11.0 Å². The summed E-state index contributed by atoms with van der Waals surface area (Å²) in [6, 6.07) is 0.702. The van der Waals surface area contributed by atoms with E-state index in [1.165, 1.54) is 6.92 Å². The number of halogens is 3. The van der Waals surface area contributed by atoms with Crippen molar-refractivity contribution >= 4 is 11.7 Å². The molecule has 0 bridgehead atoms. The number of ether oxygens (including phenoxy) is 1. The van der Waals surface area contributed by atoms with Crippen LogP contribution < -0.4 is 5.73 Å². The topological polar surface area (TPSA) is 65.2 Å². The highest BCUT2D eigenvalue weighted by Gasteiger charge is 2.33. The van der Waals surface area contributed by atoms with E-state index in [9.17, 15) is 18.0 Å². The molecule has 0 saturated heterocycles. The first-order chi connectivity index (χ1) is 8.25. The zero-order valence-electron chi connectivity index (χ0n) is 9.49. The molecule has 1 unspecified atom stereocenters. The lowest BCUT2D eigenvalue weighted by molar-refractivity contribution is -0.143. The summed E-state index contributed by atoms with van der Waals surface area (Å²) in [5.41, 5.74) is 4.46. The molecule has 98 valence electrons. The van der Waals surface area contributed by atoms with Gasteiger partial charge in [-0.25, -0.2) is 4.79 Å². The SMILES string of the molecule is C=CC(=O)OC(C)c1cnc(C(F)(F)F)cc1N. The van der Waals surface area contributed by atoms with Crippen LogP contribution in [0.1, 0.15) is 24.3 Å². The van der Waals surface area contributed by atoms with Crippen molar-refractivity contribution in [3.8, 4) is 0 Å². The van der Waals surface area contributed by atoms with E-state index < -0.39 is 23.9 Å². The van der Waals surface area contributed by atoms with Crippen molar-refractivity contribution < 1.29 is 22.7 Å². The van der Waals surface area contributed by atoms with Gasteiger partial charge in [-0.05, 0) is 13.0 Å². The van der Waals surface area contributed by atoms with E-state index in [2.05, 4.69) is 11.6 Å². The number of nitrogen functional groups attached to an aromatic ring is 1. The summed E-state index contributed by atoms with van der Waals surface area (Å²) in [6.07, 6.45) is -3.47. The normalized spacial score (nSPS) is 12.9. The van der Waals surface area contributed by atoms with Crippen molar-refractivity contribution in [1.29, 1.82) is 0 Å². The van der Waals surface area contributed by atoms with Gasteiger partial charge in [-0.3, -0.25) is 4.98 Å². The number of alkyl halides is 3. The van der Waals surface area contributed by atoms with Crippen LogP contribution in [0, 0.1) is 0 Å². The van der Waals surface area contributed by atoms with Gasteiger partial charge in [-0.15, -0.1) is 0 Å². The maximum Gasteiger partial charge on any atom is 0.433 e. The number of nitrogens with two attached hydrogens (primary N) is 1. The molecule has 0 fully saturated rings. The van der Waals surface area contributed by atoms with Crippen LogP contribution in [0.25, 0.3) is 0 Å². The Balaban J connectivity index is 2.99. The van der Waals surface area contributed by atoms with Crippen molar-refractivity contribution in [3.63, 3.8) is 0 Å². The molecular weight excluding hydrogens is 249 g/mol. The fourth-order valence-corrected chi connectivity index (χ4v) is 1.26. The number of pyridine rings is 1. The zero-order chi connectivity index (χ0) is 13.9. The Morgan fingerprint density at radius 2 is 2.22 bits per heavy atom. The standard InChI is InChI=1S/C11H11F3N2O2/c1-3-10(17)18-6(2)7-5-16-9(4-8(7)15)11(12,13)14/h3-6H,1H2,2H3,(H2,15,16). The van der Waals surface area contributed by atoms with Gasteiger partial charge >= 0.3 is 12.1 Å². The van der Waals surface area contributed by atoms with Gasteiger partial charge in [-0.2, -0.15) is 13.2 Å². The van der Waals surface area contributed by atoms with Crippen LogP contribution in [0.2, 0.25) is 0 Å². The molecule has 1 aromatic heterocycles. The molecule has 1 atom stereocenters. The molecule has 0 aliphatic heterocycles. The van der Waals surface area contributed by atoms with E-state index in [1.54, 1.807) is 0 Å². The molecule has 0 saturated carbocycles. The second kappa shape index (κ2) is 5.07. The van der Waals surface area contributed by atoms with E-state index in [1.807, 2.05) is 0 Å². The molecular formula is C11H11F3N2O2. The molecule has 0 aromatic carbocycles. The molecule has 7 heteroatoms. The number of carbonyl (C=O) groups is 1. The monoisotopic (exact) mass is 260 g/mol. The van der Waals surface area contributed by atoms with E-state index in [0.29, 0.717) is 6.07 Å². The maximum atomic E-state index is 12.3. The highest BCUT2D eigenvalue weighted by molar-refractivity contribution is 5.81. The minimum Gasteiger partial charge on any atom is -0.455 e. The van der Waals surface area contributed by atoms with Crippen LogP contribution >= 0.6 is 0 Å². The average Bonchev–Trinajstić information content (AvgIpc) is 2.27. The molecule has 0 amide bonds. The van der Waals surface area contributed by atoms with Crippen LogP contribution in [0.15, 0.2) is 24.9 Å². The summed E-state index contributed by atoms with van der Waals surface area (Å²) < 4.78 is 41.9. The van der Waals surface area contributed by atoms with Crippen LogP contribution in [-0.2, 0) is 15.7 Å². The average molecular weight is 260 g/mol. The van der Waals surface area contributed by atoms with E-state index in [4.69, 9.17) is 10.5 Å². The smallest absolute Gasteiger partial charge is 0.433 e. The minimum absolute atomic E-state index is 0.137. The number of nitrogens with zero attached hydrogens (tertiary/aromatic N) is 1. The van der Waals surface area contributed by atoms with Crippen molar-refractivity contribution in [2.24, 2.45) is 0 Å².